The van der Waals surface area contributed by atoms with E-state index in [0.29, 0.717) is 17.9 Å². The van der Waals surface area contributed by atoms with Gasteiger partial charge in [0.15, 0.2) is 11.5 Å². The predicted octanol–water partition coefficient (Wildman–Crippen LogP) is 3.86. The van der Waals surface area contributed by atoms with E-state index in [4.69, 9.17) is 4.52 Å². The number of aromatic nitrogens is 1. The molecule has 0 atom stereocenters. The molecule has 3 aromatic rings. The molecule has 0 saturated heterocycles. The zero-order chi connectivity index (χ0) is 21.1. The topological polar surface area (TPSA) is 75.4 Å². The third kappa shape index (κ3) is 4.74. The molecule has 2 amide bonds. The molecular weight excluding hydrogens is 385 g/mol. The summed E-state index contributed by atoms with van der Waals surface area (Å²) in [5, 5.41) is 6.66. The van der Waals surface area contributed by atoms with Crippen molar-refractivity contribution < 1.29 is 18.5 Å². The smallest absolute Gasteiger partial charge is 0.273 e. The lowest BCUT2D eigenvalue weighted by Crippen LogP contribution is -2.32. The predicted molar refractivity (Wildman–Crippen MR) is 108 cm³/mol. The largest absolute Gasteiger partial charge is 0.359 e. The van der Waals surface area contributed by atoms with Crippen LogP contribution in [0.1, 0.15) is 50.6 Å². The van der Waals surface area contributed by atoms with Gasteiger partial charge in [-0.1, -0.05) is 35.0 Å². The highest BCUT2D eigenvalue weighted by Crippen LogP contribution is 2.30. The maximum atomic E-state index is 13.2. The zero-order valence-corrected chi connectivity index (χ0v) is 16.6. The van der Waals surface area contributed by atoms with E-state index >= 15 is 0 Å². The van der Waals surface area contributed by atoms with Gasteiger partial charge in [-0.05, 0) is 49.6 Å². The van der Waals surface area contributed by atoms with Crippen LogP contribution < -0.4 is 5.32 Å². The second-order valence-corrected chi connectivity index (χ2v) is 7.52. The van der Waals surface area contributed by atoms with Crippen LogP contribution in [-0.4, -0.2) is 27.9 Å². The van der Waals surface area contributed by atoms with E-state index in [9.17, 15) is 14.0 Å². The highest BCUT2D eigenvalue weighted by Gasteiger charge is 2.34. The van der Waals surface area contributed by atoms with Crippen LogP contribution in [0.15, 0.2) is 59.1 Å². The lowest BCUT2D eigenvalue weighted by atomic mass is 10.1. The van der Waals surface area contributed by atoms with Crippen LogP contribution in [0.3, 0.4) is 0 Å². The second kappa shape index (κ2) is 8.49. The van der Waals surface area contributed by atoms with E-state index in [1.54, 1.807) is 11.0 Å². The standard InChI is InChI=1S/C23H22FN3O3/c1-15-2-4-16(5-3-15)13-25-22(28)21-12-20(30-26-21)14-27(19-10-11-19)23(29)17-6-8-18(24)9-7-17/h2-9,12,19H,10-11,13-14H2,1H3,(H,25,28). The van der Waals surface area contributed by atoms with Crippen molar-refractivity contribution in [3.8, 4) is 0 Å². The summed E-state index contributed by atoms with van der Waals surface area (Å²) < 4.78 is 18.5. The lowest BCUT2D eigenvalue weighted by molar-refractivity contribution is 0.0712. The third-order valence-corrected chi connectivity index (χ3v) is 5.03. The van der Waals surface area contributed by atoms with Gasteiger partial charge in [0, 0.05) is 24.2 Å². The van der Waals surface area contributed by atoms with Gasteiger partial charge in [-0.15, -0.1) is 0 Å². The SMILES string of the molecule is Cc1ccc(CNC(=O)c2cc(CN(C(=O)c3ccc(F)cc3)C3CC3)on2)cc1. The fourth-order valence-electron chi connectivity index (χ4n) is 3.15. The van der Waals surface area contributed by atoms with Crippen LogP contribution in [0.2, 0.25) is 0 Å². The molecule has 154 valence electrons. The number of carbonyl (C=O) groups excluding carboxylic acids is 2. The van der Waals surface area contributed by atoms with Crippen LogP contribution in [0.4, 0.5) is 4.39 Å². The average Bonchev–Trinajstić information content (AvgIpc) is 3.49. The highest BCUT2D eigenvalue weighted by atomic mass is 19.1. The lowest BCUT2D eigenvalue weighted by Gasteiger charge is -2.21. The molecule has 0 unspecified atom stereocenters. The Morgan fingerprint density at radius 2 is 1.83 bits per heavy atom. The minimum atomic E-state index is -0.388. The first-order valence-electron chi connectivity index (χ1n) is 9.85. The molecule has 1 aromatic heterocycles. The Balaban J connectivity index is 1.39. The van der Waals surface area contributed by atoms with Crippen molar-refractivity contribution in [1.82, 2.24) is 15.4 Å². The van der Waals surface area contributed by atoms with Crippen molar-refractivity contribution in [1.29, 1.82) is 0 Å². The monoisotopic (exact) mass is 407 g/mol. The highest BCUT2D eigenvalue weighted by molar-refractivity contribution is 5.94. The summed E-state index contributed by atoms with van der Waals surface area (Å²) >= 11 is 0. The molecule has 1 heterocycles. The Morgan fingerprint density at radius 1 is 1.13 bits per heavy atom. The van der Waals surface area contributed by atoms with Crippen LogP contribution in [0.5, 0.6) is 0 Å². The summed E-state index contributed by atoms with van der Waals surface area (Å²) in [4.78, 5) is 26.9. The first kappa shape index (κ1) is 19.8. The molecule has 2 aromatic carbocycles. The summed E-state index contributed by atoms with van der Waals surface area (Å²) in [6.45, 7) is 2.60. The Hall–Kier alpha value is -3.48. The zero-order valence-electron chi connectivity index (χ0n) is 16.6. The Labute approximate surface area is 173 Å². The molecule has 0 bridgehead atoms. The van der Waals surface area contributed by atoms with Crippen molar-refractivity contribution in [2.24, 2.45) is 0 Å². The molecule has 0 spiro atoms. The van der Waals surface area contributed by atoms with Crippen molar-refractivity contribution >= 4 is 11.8 Å². The first-order valence-corrected chi connectivity index (χ1v) is 9.85. The number of nitrogens with zero attached hydrogens (tertiary/aromatic N) is 2. The van der Waals surface area contributed by atoms with Crippen LogP contribution in [0.25, 0.3) is 0 Å². The molecule has 30 heavy (non-hydrogen) atoms. The van der Waals surface area contributed by atoms with Crippen LogP contribution >= 0.6 is 0 Å². The van der Waals surface area contributed by atoms with Crippen molar-refractivity contribution in [2.45, 2.75) is 38.9 Å². The van der Waals surface area contributed by atoms with Gasteiger partial charge in [-0.3, -0.25) is 9.59 Å². The molecule has 1 N–H and O–H groups in total. The van der Waals surface area contributed by atoms with Gasteiger partial charge in [0.05, 0.1) is 6.54 Å². The molecule has 1 saturated carbocycles. The molecule has 7 heteroatoms. The fraction of sp³-hybridized carbons (Fsp3) is 0.261. The fourth-order valence-corrected chi connectivity index (χ4v) is 3.15. The van der Waals surface area contributed by atoms with E-state index in [2.05, 4.69) is 10.5 Å². The van der Waals surface area contributed by atoms with Gasteiger partial charge in [-0.2, -0.15) is 0 Å². The number of carbonyl (C=O) groups is 2. The van der Waals surface area contributed by atoms with Crippen LogP contribution in [-0.2, 0) is 13.1 Å². The Morgan fingerprint density at radius 3 is 2.50 bits per heavy atom. The van der Waals surface area contributed by atoms with Gasteiger partial charge in [-0.25, -0.2) is 4.39 Å². The van der Waals surface area contributed by atoms with Gasteiger partial charge < -0.3 is 14.7 Å². The third-order valence-electron chi connectivity index (χ3n) is 5.03. The van der Waals surface area contributed by atoms with E-state index in [1.165, 1.54) is 24.3 Å². The van der Waals surface area contributed by atoms with Crippen LogP contribution in [0, 0.1) is 12.7 Å². The summed E-state index contributed by atoms with van der Waals surface area (Å²) in [5.74, 6) is -0.494. The summed E-state index contributed by atoms with van der Waals surface area (Å²) in [6.07, 6.45) is 1.82. The van der Waals surface area contributed by atoms with Gasteiger partial charge in [0.1, 0.15) is 5.82 Å². The van der Waals surface area contributed by atoms with Crippen molar-refractivity contribution in [3.63, 3.8) is 0 Å². The molecule has 0 radical (unpaired) electrons. The second-order valence-electron chi connectivity index (χ2n) is 7.52. The van der Waals surface area contributed by atoms with Gasteiger partial charge in [0.2, 0.25) is 0 Å². The number of nitrogens with one attached hydrogen (secondary N) is 1. The summed E-state index contributed by atoms with van der Waals surface area (Å²) in [6, 6.07) is 15.0. The van der Waals surface area contributed by atoms with E-state index < -0.39 is 0 Å². The minimum Gasteiger partial charge on any atom is -0.359 e. The Bertz CT molecular complexity index is 1040. The number of hydrogen-bond donors (Lipinski definition) is 1. The Kier molecular flexibility index (Phi) is 5.61. The quantitative estimate of drug-likeness (QED) is 0.645. The molecule has 6 nitrogen and oxygen atoms in total. The summed E-state index contributed by atoms with van der Waals surface area (Å²) in [5.41, 5.74) is 2.73. The maximum Gasteiger partial charge on any atom is 0.273 e. The molecule has 1 aliphatic carbocycles. The van der Waals surface area contributed by atoms with Gasteiger partial charge in [0.25, 0.3) is 11.8 Å². The number of amides is 2. The number of benzene rings is 2. The van der Waals surface area contributed by atoms with E-state index in [1.807, 2.05) is 31.2 Å². The molecule has 0 aliphatic heterocycles. The summed E-state index contributed by atoms with van der Waals surface area (Å²) in [7, 11) is 0. The number of rotatable bonds is 7. The minimum absolute atomic E-state index is 0.117. The number of hydrogen-bond acceptors (Lipinski definition) is 4. The maximum absolute atomic E-state index is 13.2. The molecular formula is C23H22FN3O3. The average molecular weight is 407 g/mol. The molecule has 4 rings (SSSR count). The normalized spacial score (nSPS) is 13.1. The van der Waals surface area contributed by atoms with E-state index in [-0.39, 0.29) is 35.9 Å². The molecule has 1 fully saturated rings. The number of aryl methyl sites for hydroxylation is 1. The van der Waals surface area contributed by atoms with E-state index in [0.717, 1.165) is 24.0 Å². The van der Waals surface area contributed by atoms with Crippen molar-refractivity contribution in [2.75, 3.05) is 0 Å². The van der Waals surface area contributed by atoms with Gasteiger partial charge >= 0.3 is 0 Å². The number of halogens is 1. The molecule has 1 aliphatic rings. The first-order chi connectivity index (χ1) is 14.5. The van der Waals surface area contributed by atoms with Crippen molar-refractivity contribution in [3.05, 3.63) is 88.6 Å².